The van der Waals surface area contributed by atoms with Gasteiger partial charge in [0.25, 0.3) is 5.69 Å². The van der Waals surface area contributed by atoms with E-state index in [-0.39, 0.29) is 18.2 Å². The summed E-state index contributed by atoms with van der Waals surface area (Å²) in [7, 11) is 0. The van der Waals surface area contributed by atoms with E-state index in [1.807, 2.05) is 13.8 Å². The van der Waals surface area contributed by atoms with Crippen LogP contribution in [0, 0.1) is 15.9 Å². The van der Waals surface area contributed by atoms with Crippen LogP contribution in [0.5, 0.6) is 0 Å². The minimum absolute atomic E-state index is 0.115. The predicted octanol–water partition coefficient (Wildman–Crippen LogP) is 4.84. The van der Waals surface area contributed by atoms with Gasteiger partial charge in [0, 0.05) is 4.88 Å². The molecule has 128 valence electrons. The van der Waals surface area contributed by atoms with Crippen molar-refractivity contribution in [2.75, 3.05) is 11.9 Å². The molecule has 8 heteroatoms. The lowest BCUT2D eigenvalue weighted by Gasteiger charge is -2.07. The monoisotopic (exact) mass is 352 g/mol. The summed E-state index contributed by atoms with van der Waals surface area (Å²) in [6, 6.07) is 4.95. The molecule has 0 radical (unpaired) electrons. The van der Waals surface area contributed by atoms with Crippen molar-refractivity contribution in [1.82, 2.24) is 0 Å². The van der Waals surface area contributed by atoms with E-state index >= 15 is 0 Å². The summed E-state index contributed by atoms with van der Waals surface area (Å²) in [5.41, 5.74) is 0.0255. The standard InChI is InChI=1S/C16H17FN2O4S/c1-4-23-16(20)11-8-14(9(2)3)24-15(11)18-12-6-5-10(17)7-13(12)19(21)22/h5-9,18H,4H2,1-3H3. The van der Waals surface area contributed by atoms with Crippen molar-refractivity contribution in [2.24, 2.45) is 0 Å². The summed E-state index contributed by atoms with van der Waals surface area (Å²) in [6.45, 7) is 5.88. The molecule has 0 aliphatic heterocycles. The van der Waals surface area contributed by atoms with Gasteiger partial charge >= 0.3 is 5.97 Å². The van der Waals surface area contributed by atoms with Crippen LogP contribution in [-0.4, -0.2) is 17.5 Å². The van der Waals surface area contributed by atoms with Crippen molar-refractivity contribution in [3.63, 3.8) is 0 Å². The van der Waals surface area contributed by atoms with Crippen molar-refractivity contribution in [2.45, 2.75) is 26.7 Å². The van der Waals surface area contributed by atoms with Crippen LogP contribution in [-0.2, 0) is 4.74 Å². The molecule has 1 heterocycles. The number of halogens is 1. The highest BCUT2D eigenvalue weighted by molar-refractivity contribution is 7.16. The first-order chi connectivity index (χ1) is 11.3. The minimum atomic E-state index is -0.702. The normalized spacial score (nSPS) is 10.7. The largest absolute Gasteiger partial charge is 0.462 e. The highest BCUT2D eigenvalue weighted by Crippen LogP contribution is 2.37. The smallest absolute Gasteiger partial charge is 0.341 e. The Hall–Kier alpha value is -2.48. The molecule has 0 saturated heterocycles. The molecule has 0 aliphatic rings. The molecule has 0 bridgehead atoms. The van der Waals surface area contributed by atoms with Crippen LogP contribution < -0.4 is 5.32 Å². The Balaban J connectivity index is 2.45. The lowest BCUT2D eigenvalue weighted by molar-refractivity contribution is -0.384. The first-order valence-corrected chi connectivity index (χ1v) is 8.17. The van der Waals surface area contributed by atoms with Crippen LogP contribution in [0.2, 0.25) is 0 Å². The number of rotatable bonds is 6. The van der Waals surface area contributed by atoms with Crippen LogP contribution in [0.4, 0.5) is 20.8 Å². The van der Waals surface area contributed by atoms with E-state index in [4.69, 9.17) is 4.74 Å². The third kappa shape index (κ3) is 3.88. The number of hydrogen-bond donors (Lipinski definition) is 1. The van der Waals surface area contributed by atoms with Crippen LogP contribution in [0.25, 0.3) is 0 Å². The van der Waals surface area contributed by atoms with Crippen molar-refractivity contribution in [3.8, 4) is 0 Å². The van der Waals surface area contributed by atoms with Crippen LogP contribution >= 0.6 is 11.3 Å². The molecule has 0 saturated carbocycles. The zero-order valence-corrected chi connectivity index (χ0v) is 14.3. The van der Waals surface area contributed by atoms with E-state index in [9.17, 15) is 19.3 Å². The highest BCUT2D eigenvalue weighted by Gasteiger charge is 2.22. The molecule has 2 rings (SSSR count). The third-order valence-electron chi connectivity index (χ3n) is 3.22. The van der Waals surface area contributed by atoms with E-state index in [0.717, 1.165) is 17.0 Å². The van der Waals surface area contributed by atoms with Crippen LogP contribution in [0.1, 0.15) is 41.9 Å². The molecule has 1 N–H and O–H groups in total. The minimum Gasteiger partial charge on any atom is -0.462 e. The number of anilines is 2. The zero-order valence-electron chi connectivity index (χ0n) is 13.5. The van der Waals surface area contributed by atoms with Gasteiger partial charge in [-0.05, 0) is 31.0 Å². The topological polar surface area (TPSA) is 81.5 Å². The van der Waals surface area contributed by atoms with Gasteiger partial charge in [-0.3, -0.25) is 10.1 Å². The first-order valence-electron chi connectivity index (χ1n) is 7.35. The third-order valence-corrected chi connectivity index (χ3v) is 4.57. The number of nitro benzene ring substituents is 1. The number of nitrogens with one attached hydrogen (secondary N) is 1. The number of ether oxygens (including phenoxy) is 1. The van der Waals surface area contributed by atoms with E-state index in [2.05, 4.69) is 5.32 Å². The van der Waals surface area contributed by atoms with Gasteiger partial charge in [0.2, 0.25) is 0 Å². The molecule has 1 aromatic heterocycles. The van der Waals surface area contributed by atoms with E-state index in [1.54, 1.807) is 13.0 Å². The van der Waals surface area contributed by atoms with Gasteiger partial charge in [-0.1, -0.05) is 13.8 Å². The van der Waals surface area contributed by atoms with Crippen molar-refractivity contribution >= 4 is 33.7 Å². The summed E-state index contributed by atoms with van der Waals surface area (Å²) in [4.78, 5) is 23.5. The molecular weight excluding hydrogens is 335 g/mol. The highest BCUT2D eigenvalue weighted by atomic mass is 32.1. The number of carbonyl (C=O) groups excluding carboxylic acids is 1. The Kier molecular flexibility index (Phi) is 5.50. The molecule has 0 spiro atoms. The Morgan fingerprint density at radius 3 is 2.71 bits per heavy atom. The van der Waals surface area contributed by atoms with Crippen LogP contribution in [0.15, 0.2) is 24.3 Å². The molecule has 0 fully saturated rings. The molecule has 24 heavy (non-hydrogen) atoms. The number of hydrogen-bond acceptors (Lipinski definition) is 6. The molecule has 0 amide bonds. The fourth-order valence-corrected chi connectivity index (χ4v) is 3.09. The van der Waals surface area contributed by atoms with E-state index in [1.165, 1.54) is 17.4 Å². The maximum absolute atomic E-state index is 13.3. The summed E-state index contributed by atoms with van der Waals surface area (Å²) in [6.07, 6.45) is 0. The quantitative estimate of drug-likeness (QED) is 0.457. The lowest BCUT2D eigenvalue weighted by atomic mass is 10.1. The number of nitrogens with zero attached hydrogens (tertiary/aromatic N) is 1. The maximum atomic E-state index is 13.3. The molecule has 0 aliphatic carbocycles. The van der Waals surface area contributed by atoms with Gasteiger partial charge in [-0.2, -0.15) is 0 Å². The van der Waals surface area contributed by atoms with Crippen molar-refractivity contribution < 1.29 is 18.8 Å². The van der Waals surface area contributed by atoms with Gasteiger partial charge in [-0.25, -0.2) is 9.18 Å². The van der Waals surface area contributed by atoms with Gasteiger partial charge < -0.3 is 10.1 Å². The zero-order chi connectivity index (χ0) is 17.9. The maximum Gasteiger partial charge on any atom is 0.341 e. The molecule has 1 aromatic carbocycles. The fourth-order valence-electron chi connectivity index (χ4n) is 2.03. The van der Waals surface area contributed by atoms with Crippen LogP contribution in [0.3, 0.4) is 0 Å². The second-order valence-electron chi connectivity index (χ2n) is 5.31. The average Bonchev–Trinajstić information content (AvgIpc) is 2.93. The van der Waals surface area contributed by atoms with Crippen molar-refractivity contribution in [3.05, 3.63) is 50.6 Å². The molecular formula is C16H17FN2O4S. The number of benzene rings is 1. The Morgan fingerprint density at radius 2 is 2.12 bits per heavy atom. The van der Waals surface area contributed by atoms with Gasteiger partial charge in [0.15, 0.2) is 0 Å². The molecule has 0 atom stereocenters. The van der Waals surface area contributed by atoms with Gasteiger partial charge in [-0.15, -0.1) is 11.3 Å². The number of carbonyl (C=O) groups is 1. The summed E-state index contributed by atoms with van der Waals surface area (Å²) in [5.74, 6) is -1.03. The Morgan fingerprint density at radius 1 is 1.42 bits per heavy atom. The molecule has 0 unspecified atom stereocenters. The second kappa shape index (κ2) is 7.39. The molecule has 2 aromatic rings. The van der Waals surface area contributed by atoms with Gasteiger partial charge in [0.05, 0.1) is 23.2 Å². The van der Waals surface area contributed by atoms with Gasteiger partial charge in [0.1, 0.15) is 16.5 Å². The lowest BCUT2D eigenvalue weighted by Crippen LogP contribution is -2.06. The number of esters is 1. The predicted molar refractivity (Wildman–Crippen MR) is 90.7 cm³/mol. The number of nitro groups is 1. The van der Waals surface area contributed by atoms with E-state index in [0.29, 0.717) is 10.6 Å². The summed E-state index contributed by atoms with van der Waals surface area (Å²) in [5, 5.41) is 14.4. The average molecular weight is 352 g/mol. The summed E-state index contributed by atoms with van der Waals surface area (Å²) < 4.78 is 18.3. The Labute approximate surface area is 142 Å². The Bertz CT molecular complexity index is 773. The fraction of sp³-hybridized carbons (Fsp3) is 0.312. The summed E-state index contributed by atoms with van der Waals surface area (Å²) >= 11 is 1.31. The SMILES string of the molecule is CCOC(=O)c1cc(C(C)C)sc1Nc1ccc(F)cc1[N+](=O)[O-]. The number of thiophene rings is 1. The first kappa shape index (κ1) is 17.9. The molecule has 6 nitrogen and oxygen atoms in total. The second-order valence-corrected chi connectivity index (χ2v) is 6.39. The van der Waals surface area contributed by atoms with Crippen molar-refractivity contribution in [1.29, 1.82) is 0 Å². The van der Waals surface area contributed by atoms with E-state index < -0.39 is 22.4 Å².